The summed E-state index contributed by atoms with van der Waals surface area (Å²) in [6.45, 7) is 9.06. The Bertz CT molecular complexity index is 442. The topological polar surface area (TPSA) is 29.3 Å². The van der Waals surface area contributed by atoms with Crippen LogP contribution in [0.15, 0.2) is 22.7 Å². The van der Waals surface area contributed by atoms with Gasteiger partial charge in [-0.25, -0.2) is 0 Å². The van der Waals surface area contributed by atoms with Crippen LogP contribution in [0, 0.1) is 0 Å². The second-order valence-electron chi connectivity index (χ2n) is 5.81. The lowest BCUT2D eigenvalue weighted by Gasteiger charge is -2.37. The Balaban J connectivity index is 2.25. The first-order valence-corrected chi connectivity index (χ1v) is 9.17. The highest BCUT2D eigenvalue weighted by molar-refractivity contribution is 9.10. The summed E-state index contributed by atoms with van der Waals surface area (Å²) in [7, 11) is 0. The van der Waals surface area contributed by atoms with Crippen molar-refractivity contribution in [1.82, 2.24) is 0 Å². The molecule has 0 aliphatic carbocycles. The van der Waals surface area contributed by atoms with Gasteiger partial charge in [-0.15, -0.1) is 0 Å². The van der Waals surface area contributed by atoms with E-state index in [0.717, 1.165) is 30.4 Å². The zero-order valence-electron chi connectivity index (χ0n) is 12.6. The third kappa shape index (κ3) is 4.15. The molecule has 1 aromatic carbocycles. The van der Waals surface area contributed by atoms with Crippen LogP contribution < -0.4 is 10.6 Å². The molecule has 3 unspecified atom stereocenters. The Hall–Kier alpha value is -0.190. The Morgan fingerprint density at radius 1 is 1.35 bits per heavy atom. The number of hydrogen-bond donors (Lipinski definition) is 1. The second kappa shape index (κ2) is 7.19. The zero-order chi connectivity index (χ0) is 14.7. The standard InChI is InChI=1S/C16H25BrN2S/c1-4-15(18)8-13-7-14(17)5-6-16(13)19-9-11(2)20-12(3)10-19/h5-7,11-12,15H,4,8-10,18H2,1-3H3. The van der Waals surface area contributed by atoms with E-state index in [-0.39, 0.29) is 6.04 Å². The molecule has 1 aliphatic heterocycles. The summed E-state index contributed by atoms with van der Waals surface area (Å²) in [5, 5.41) is 1.38. The Kier molecular flexibility index (Phi) is 5.82. The molecule has 0 saturated carbocycles. The van der Waals surface area contributed by atoms with Gasteiger partial charge in [-0.1, -0.05) is 36.7 Å². The van der Waals surface area contributed by atoms with Crippen LogP contribution >= 0.6 is 27.7 Å². The molecule has 0 bridgehead atoms. The Morgan fingerprint density at radius 2 is 2.00 bits per heavy atom. The molecule has 2 nitrogen and oxygen atoms in total. The molecule has 1 fully saturated rings. The maximum Gasteiger partial charge on any atom is 0.0400 e. The van der Waals surface area contributed by atoms with Crippen LogP contribution in [0.4, 0.5) is 5.69 Å². The molecule has 2 N–H and O–H groups in total. The molecule has 20 heavy (non-hydrogen) atoms. The summed E-state index contributed by atoms with van der Waals surface area (Å²) in [5.74, 6) is 0. The summed E-state index contributed by atoms with van der Waals surface area (Å²) < 4.78 is 1.15. The average Bonchev–Trinajstić information content (AvgIpc) is 2.37. The molecule has 1 saturated heterocycles. The number of anilines is 1. The van der Waals surface area contributed by atoms with Crippen LogP contribution in [0.25, 0.3) is 0 Å². The highest BCUT2D eigenvalue weighted by Gasteiger charge is 2.24. The van der Waals surface area contributed by atoms with Crippen molar-refractivity contribution in [2.75, 3.05) is 18.0 Å². The van der Waals surface area contributed by atoms with Gasteiger partial charge in [0, 0.05) is 39.8 Å². The highest BCUT2D eigenvalue weighted by atomic mass is 79.9. The smallest absolute Gasteiger partial charge is 0.0400 e. The van der Waals surface area contributed by atoms with E-state index in [2.05, 4.69) is 71.6 Å². The minimum Gasteiger partial charge on any atom is -0.369 e. The lowest BCUT2D eigenvalue weighted by atomic mass is 10.0. The summed E-state index contributed by atoms with van der Waals surface area (Å²) in [6.07, 6.45) is 1.98. The lowest BCUT2D eigenvalue weighted by Crippen LogP contribution is -2.41. The highest BCUT2D eigenvalue weighted by Crippen LogP contribution is 2.32. The van der Waals surface area contributed by atoms with Crippen molar-refractivity contribution in [3.8, 4) is 0 Å². The van der Waals surface area contributed by atoms with Crippen LogP contribution in [0.3, 0.4) is 0 Å². The summed E-state index contributed by atoms with van der Waals surface area (Å²) in [4.78, 5) is 2.54. The molecule has 1 aromatic rings. The van der Waals surface area contributed by atoms with Crippen molar-refractivity contribution in [1.29, 1.82) is 0 Å². The molecule has 0 spiro atoms. The second-order valence-corrected chi connectivity index (χ2v) is 8.61. The first-order valence-electron chi connectivity index (χ1n) is 7.44. The van der Waals surface area contributed by atoms with Crippen molar-refractivity contribution in [2.24, 2.45) is 5.73 Å². The van der Waals surface area contributed by atoms with Gasteiger partial charge in [0.15, 0.2) is 0 Å². The fourth-order valence-electron chi connectivity index (χ4n) is 2.83. The maximum atomic E-state index is 6.17. The van der Waals surface area contributed by atoms with Gasteiger partial charge >= 0.3 is 0 Å². The van der Waals surface area contributed by atoms with Crippen LogP contribution in [0.2, 0.25) is 0 Å². The number of thioether (sulfide) groups is 1. The maximum absolute atomic E-state index is 6.17. The van der Waals surface area contributed by atoms with Gasteiger partial charge in [0.2, 0.25) is 0 Å². The molecular formula is C16H25BrN2S. The van der Waals surface area contributed by atoms with E-state index in [9.17, 15) is 0 Å². The predicted octanol–water partition coefficient (Wildman–Crippen LogP) is 4.06. The molecule has 1 heterocycles. The summed E-state index contributed by atoms with van der Waals surface area (Å²) >= 11 is 5.68. The average molecular weight is 357 g/mol. The van der Waals surface area contributed by atoms with Gasteiger partial charge < -0.3 is 10.6 Å². The molecule has 0 radical (unpaired) electrons. The molecular weight excluding hydrogens is 332 g/mol. The van der Waals surface area contributed by atoms with Gasteiger partial charge in [-0.05, 0) is 36.6 Å². The van der Waals surface area contributed by atoms with E-state index >= 15 is 0 Å². The van der Waals surface area contributed by atoms with Crippen molar-refractivity contribution in [3.05, 3.63) is 28.2 Å². The quantitative estimate of drug-likeness (QED) is 0.881. The minimum atomic E-state index is 0.247. The largest absolute Gasteiger partial charge is 0.369 e. The van der Waals surface area contributed by atoms with Gasteiger partial charge in [0.05, 0.1) is 0 Å². The summed E-state index contributed by atoms with van der Waals surface area (Å²) in [5.41, 5.74) is 8.92. The molecule has 2 rings (SSSR count). The van der Waals surface area contributed by atoms with Crippen molar-refractivity contribution >= 4 is 33.4 Å². The van der Waals surface area contributed by atoms with E-state index in [1.54, 1.807) is 0 Å². The number of hydrogen-bond acceptors (Lipinski definition) is 3. The number of benzene rings is 1. The summed E-state index contributed by atoms with van der Waals surface area (Å²) in [6, 6.07) is 6.88. The predicted molar refractivity (Wildman–Crippen MR) is 94.8 cm³/mol. The number of nitrogens with zero attached hydrogens (tertiary/aromatic N) is 1. The normalized spacial score (nSPS) is 24.8. The van der Waals surface area contributed by atoms with E-state index in [1.165, 1.54) is 11.3 Å². The first-order chi connectivity index (χ1) is 9.49. The van der Waals surface area contributed by atoms with Crippen molar-refractivity contribution < 1.29 is 0 Å². The first kappa shape index (κ1) is 16.2. The lowest BCUT2D eigenvalue weighted by molar-refractivity contribution is 0.641. The van der Waals surface area contributed by atoms with Crippen LogP contribution in [0.1, 0.15) is 32.8 Å². The number of nitrogens with two attached hydrogens (primary N) is 1. The molecule has 4 heteroatoms. The van der Waals surface area contributed by atoms with Gasteiger partial charge in [0.25, 0.3) is 0 Å². The molecule has 0 aromatic heterocycles. The van der Waals surface area contributed by atoms with E-state index in [0.29, 0.717) is 10.5 Å². The molecule has 3 atom stereocenters. The van der Waals surface area contributed by atoms with Gasteiger partial charge in [-0.3, -0.25) is 0 Å². The van der Waals surface area contributed by atoms with E-state index < -0.39 is 0 Å². The monoisotopic (exact) mass is 356 g/mol. The fraction of sp³-hybridized carbons (Fsp3) is 0.625. The number of rotatable bonds is 4. The van der Waals surface area contributed by atoms with Crippen molar-refractivity contribution in [3.63, 3.8) is 0 Å². The molecule has 0 amide bonds. The third-order valence-electron chi connectivity index (χ3n) is 3.81. The van der Waals surface area contributed by atoms with Crippen molar-refractivity contribution in [2.45, 2.75) is 50.2 Å². The van der Waals surface area contributed by atoms with E-state index in [4.69, 9.17) is 5.73 Å². The van der Waals surface area contributed by atoms with Crippen LogP contribution in [-0.2, 0) is 6.42 Å². The molecule has 1 aliphatic rings. The Morgan fingerprint density at radius 3 is 2.60 bits per heavy atom. The van der Waals surface area contributed by atoms with Crippen LogP contribution in [-0.4, -0.2) is 29.6 Å². The SMILES string of the molecule is CCC(N)Cc1cc(Br)ccc1N1CC(C)SC(C)C1. The zero-order valence-corrected chi connectivity index (χ0v) is 15.0. The van der Waals surface area contributed by atoms with Gasteiger partial charge in [0.1, 0.15) is 0 Å². The number of halogens is 1. The Labute approximate surface area is 135 Å². The third-order valence-corrected chi connectivity index (χ3v) is 5.53. The van der Waals surface area contributed by atoms with E-state index in [1.807, 2.05) is 0 Å². The fourth-order valence-corrected chi connectivity index (χ4v) is 4.56. The van der Waals surface area contributed by atoms with Crippen LogP contribution in [0.5, 0.6) is 0 Å². The van der Waals surface area contributed by atoms with Gasteiger partial charge in [-0.2, -0.15) is 11.8 Å². The minimum absolute atomic E-state index is 0.247. The molecule has 112 valence electrons.